The predicted molar refractivity (Wildman–Crippen MR) is 94.4 cm³/mol. The second-order valence-corrected chi connectivity index (χ2v) is 9.10. The van der Waals surface area contributed by atoms with Crippen LogP contribution in [-0.4, -0.2) is 43.1 Å². The minimum atomic E-state index is -3.85. The highest BCUT2D eigenvalue weighted by atomic mass is 32.2. The van der Waals surface area contributed by atoms with E-state index < -0.39 is 15.8 Å². The molecule has 0 bridgehead atoms. The molecule has 4 rings (SSSR count). The quantitative estimate of drug-likeness (QED) is 0.748. The molecule has 1 aliphatic heterocycles. The van der Waals surface area contributed by atoms with Crippen LogP contribution in [0.4, 0.5) is 4.39 Å². The second-order valence-electron chi connectivity index (χ2n) is 7.19. The maximum Gasteiger partial charge on any atom is 0.246 e. The third kappa shape index (κ3) is 3.84. The van der Waals surface area contributed by atoms with Gasteiger partial charge in [0.25, 0.3) is 0 Å². The maximum atomic E-state index is 13.7. The van der Waals surface area contributed by atoms with E-state index >= 15 is 0 Å². The molecule has 2 heterocycles. The number of nitrogens with zero attached hydrogens (tertiary/aromatic N) is 3. The van der Waals surface area contributed by atoms with Crippen LogP contribution in [0.3, 0.4) is 0 Å². The monoisotopic (exact) mass is 395 g/mol. The molecule has 2 aromatic rings. The molecule has 0 spiro atoms. The largest absolute Gasteiger partial charge is 0.495 e. The SMILES string of the molecule is COc1ccc(F)cc1S(=O)(=O)N1CCC[C@@H](Cc2nc(C3CC3)no2)C1. The van der Waals surface area contributed by atoms with Gasteiger partial charge in [-0.1, -0.05) is 5.16 Å². The topological polar surface area (TPSA) is 85.5 Å². The van der Waals surface area contributed by atoms with E-state index in [1.807, 2.05) is 0 Å². The van der Waals surface area contributed by atoms with Gasteiger partial charge in [-0.05, 0) is 49.8 Å². The van der Waals surface area contributed by atoms with Gasteiger partial charge in [-0.25, -0.2) is 12.8 Å². The van der Waals surface area contributed by atoms with Gasteiger partial charge in [-0.3, -0.25) is 0 Å². The van der Waals surface area contributed by atoms with Crippen molar-refractivity contribution in [1.29, 1.82) is 0 Å². The molecule has 1 aromatic carbocycles. The van der Waals surface area contributed by atoms with Gasteiger partial charge >= 0.3 is 0 Å². The van der Waals surface area contributed by atoms with E-state index in [1.165, 1.54) is 23.5 Å². The Morgan fingerprint density at radius 2 is 2.15 bits per heavy atom. The Kier molecular flexibility index (Phi) is 4.90. The zero-order valence-electron chi connectivity index (χ0n) is 15.1. The van der Waals surface area contributed by atoms with Gasteiger partial charge in [0.2, 0.25) is 15.9 Å². The summed E-state index contributed by atoms with van der Waals surface area (Å²) in [7, 11) is -2.48. The second kappa shape index (κ2) is 7.20. The molecule has 7 nitrogen and oxygen atoms in total. The van der Waals surface area contributed by atoms with Crippen molar-refractivity contribution < 1.29 is 22.1 Å². The van der Waals surface area contributed by atoms with Crippen molar-refractivity contribution in [3.05, 3.63) is 35.7 Å². The first kappa shape index (κ1) is 18.4. The molecule has 0 unspecified atom stereocenters. The Bertz CT molecular complexity index is 926. The van der Waals surface area contributed by atoms with Gasteiger partial charge in [-0.2, -0.15) is 9.29 Å². The van der Waals surface area contributed by atoms with Crippen molar-refractivity contribution in [3.63, 3.8) is 0 Å². The molecule has 1 saturated heterocycles. The average Bonchev–Trinajstić information content (AvgIpc) is 3.41. The number of aromatic nitrogens is 2. The predicted octanol–water partition coefficient (Wildman–Crippen LogP) is 2.74. The van der Waals surface area contributed by atoms with Gasteiger partial charge in [0, 0.05) is 25.4 Å². The summed E-state index contributed by atoms with van der Waals surface area (Å²) in [5.41, 5.74) is 0. The third-order valence-corrected chi connectivity index (χ3v) is 7.00. The van der Waals surface area contributed by atoms with Crippen molar-refractivity contribution >= 4 is 10.0 Å². The van der Waals surface area contributed by atoms with Crippen molar-refractivity contribution in [2.45, 2.75) is 42.9 Å². The van der Waals surface area contributed by atoms with E-state index in [2.05, 4.69) is 10.1 Å². The number of hydrogen-bond donors (Lipinski definition) is 0. The smallest absolute Gasteiger partial charge is 0.246 e. The molecule has 1 saturated carbocycles. The number of piperidine rings is 1. The summed E-state index contributed by atoms with van der Waals surface area (Å²) in [6.45, 7) is 0.735. The van der Waals surface area contributed by atoms with E-state index in [9.17, 15) is 12.8 Å². The summed E-state index contributed by atoms with van der Waals surface area (Å²) in [5.74, 6) is 1.36. The molecule has 1 aromatic heterocycles. The summed E-state index contributed by atoms with van der Waals surface area (Å²) in [4.78, 5) is 4.30. The van der Waals surface area contributed by atoms with E-state index in [-0.39, 0.29) is 16.6 Å². The first-order valence-corrected chi connectivity index (χ1v) is 10.6. The lowest BCUT2D eigenvalue weighted by Gasteiger charge is -2.31. The fraction of sp³-hybridized carbons (Fsp3) is 0.556. The lowest BCUT2D eigenvalue weighted by Crippen LogP contribution is -2.40. The lowest BCUT2D eigenvalue weighted by molar-refractivity contribution is 0.246. The van der Waals surface area contributed by atoms with Crippen LogP contribution in [0.1, 0.15) is 43.3 Å². The zero-order valence-corrected chi connectivity index (χ0v) is 15.9. The van der Waals surface area contributed by atoms with Crippen molar-refractivity contribution in [3.8, 4) is 5.75 Å². The summed E-state index contributed by atoms with van der Waals surface area (Å²) >= 11 is 0. The number of rotatable bonds is 6. The molecule has 1 atom stereocenters. The van der Waals surface area contributed by atoms with Crippen LogP contribution in [0.15, 0.2) is 27.6 Å². The molecular weight excluding hydrogens is 373 g/mol. The number of benzene rings is 1. The van der Waals surface area contributed by atoms with Crippen LogP contribution in [0.5, 0.6) is 5.75 Å². The number of sulfonamides is 1. The summed E-state index contributed by atoms with van der Waals surface area (Å²) in [6.07, 6.45) is 4.36. The van der Waals surface area contributed by atoms with Gasteiger partial charge in [-0.15, -0.1) is 0 Å². The van der Waals surface area contributed by atoms with Gasteiger partial charge in [0.1, 0.15) is 16.5 Å². The first-order valence-electron chi connectivity index (χ1n) is 9.13. The molecule has 1 aliphatic carbocycles. The Morgan fingerprint density at radius 1 is 1.33 bits per heavy atom. The van der Waals surface area contributed by atoms with Crippen LogP contribution in [0.2, 0.25) is 0 Å². The molecule has 27 heavy (non-hydrogen) atoms. The molecule has 0 N–H and O–H groups in total. The number of halogens is 1. The van der Waals surface area contributed by atoms with E-state index in [4.69, 9.17) is 9.26 Å². The van der Waals surface area contributed by atoms with Crippen molar-refractivity contribution in [2.24, 2.45) is 5.92 Å². The molecule has 2 aliphatic rings. The highest BCUT2D eigenvalue weighted by Gasteiger charge is 2.34. The first-order chi connectivity index (χ1) is 13.0. The van der Waals surface area contributed by atoms with Gasteiger partial charge in [0.15, 0.2) is 5.82 Å². The maximum absolute atomic E-state index is 13.7. The minimum Gasteiger partial charge on any atom is -0.495 e. The summed E-state index contributed by atoms with van der Waals surface area (Å²) in [5, 5.41) is 4.02. The van der Waals surface area contributed by atoms with Crippen LogP contribution < -0.4 is 4.74 Å². The van der Waals surface area contributed by atoms with Crippen molar-refractivity contribution in [1.82, 2.24) is 14.4 Å². The fourth-order valence-electron chi connectivity index (χ4n) is 3.51. The van der Waals surface area contributed by atoms with Crippen LogP contribution in [0, 0.1) is 11.7 Å². The van der Waals surface area contributed by atoms with E-state index in [0.717, 1.165) is 37.6 Å². The molecule has 0 amide bonds. The molecule has 9 heteroatoms. The van der Waals surface area contributed by atoms with Gasteiger partial charge in [0.05, 0.1) is 7.11 Å². The normalized spacial score (nSPS) is 21.3. The molecule has 2 fully saturated rings. The number of ether oxygens (including phenoxy) is 1. The van der Waals surface area contributed by atoms with Crippen molar-refractivity contribution in [2.75, 3.05) is 20.2 Å². The van der Waals surface area contributed by atoms with E-state index in [1.54, 1.807) is 0 Å². The standard InChI is InChI=1S/C18H22FN3O4S/c1-25-15-7-6-14(19)10-16(15)27(23,24)22-8-2-3-12(11-22)9-17-20-18(21-26-17)13-4-5-13/h6-7,10,12-13H,2-5,8-9,11H2,1H3/t12-/m0/s1. The Labute approximate surface area is 157 Å². The number of methoxy groups -OCH3 is 1. The van der Waals surface area contributed by atoms with E-state index in [0.29, 0.717) is 31.3 Å². The summed E-state index contributed by atoms with van der Waals surface area (Å²) < 4.78 is 51.6. The summed E-state index contributed by atoms with van der Waals surface area (Å²) in [6, 6.07) is 3.53. The number of hydrogen-bond acceptors (Lipinski definition) is 6. The third-order valence-electron chi connectivity index (χ3n) is 5.11. The highest BCUT2D eigenvalue weighted by Crippen LogP contribution is 2.38. The van der Waals surface area contributed by atoms with Gasteiger partial charge < -0.3 is 9.26 Å². The Hall–Kier alpha value is -2.00. The molecule has 146 valence electrons. The Morgan fingerprint density at radius 3 is 2.89 bits per heavy atom. The Balaban J connectivity index is 1.50. The van der Waals surface area contributed by atoms with Crippen LogP contribution in [-0.2, 0) is 16.4 Å². The fourth-order valence-corrected chi connectivity index (χ4v) is 5.23. The van der Waals surface area contributed by atoms with Crippen LogP contribution in [0.25, 0.3) is 0 Å². The highest BCUT2D eigenvalue weighted by molar-refractivity contribution is 7.89. The van der Waals surface area contributed by atoms with Crippen LogP contribution >= 0.6 is 0 Å². The lowest BCUT2D eigenvalue weighted by atomic mass is 9.96. The molecule has 0 radical (unpaired) electrons. The minimum absolute atomic E-state index is 0.0839. The average molecular weight is 395 g/mol. The zero-order chi connectivity index (χ0) is 19.0. The molecular formula is C18H22FN3O4S.